The molecule has 1 saturated heterocycles. The van der Waals surface area contributed by atoms with E-state index in [0.29, 0.717) is 0 Å². The van der Waals surface area contributed by atoms with Gasteiger partial charge in [0.05, 0.1) is 12.2 Å². The van der Waals surface area contributed by atoms with E-state index in [9.17, 15) is 0 Å². The number of hydrogen-bond donors (Lipinski definition) is 0. The standard InChI is InChI=1S/C13H15NO/c1-14-8-6-13(7-9-14)12-5-3-2-4-11(12)10-15-13/h1-5H,6-10H2. The summed E-state index contributed by atoms with van der Waals surface area (Å²) >= 11 is 0. The number of hydrogen-bond acceptors (Lipinski definition) is 2. The van der Waals surface area contributed by atoms with Gasteiger partial charge in [-0.15, -0.1) is 0 Å². The molecule has 2 aliphatic heterocycles. The molecule has 2 heterocycles. The third-order valence-corrected chi connectivity index (χ3v) is 3.62. The van der Waals surface area contributed by atoms with Crippen LogP contribution in [0.1, 0.15) is 24.0 Å². The zero-order valence-electron chi connectivity index (χ0n) is 8.78. The minimum absolute atomic E-state index is 0.0353. The Kier molecular flexibility index (Phi) is 2.08. The maximum Gasteiger partial charge on any atom is 0.0963 e. The molecule has 0 aromatic heterocycles. The Bertz CT molecular complexity index is 367. The molecule has 1 spiro atoms. The first-order valence-corrected chi connectivity index (χ1v) is 5.52. The number of piperidine rings is 1. The van der Waals surface area contributed by atoms with Crippen molar-refractivity contribution in [2.75, 3.05) is 13.1 Å². The van der Waals surface area contributed by atoms with Crippen LogP contribution in [0.2, 0.25) is 0 Å². The highest BCUT2D eigenvalue weighted by molar-refractivity contribution is 5.35. The van der Waals surface area contributed by atoms with Crippen molar-refractivity contribution < 1.29 is 4.74 Å². The highest BCUT2D eigenvalue weighted by atomic mass is 16.5. The molecule has 3 rings (SSSR count). The molecular weight excluding hydrogens is 186 g/mol. The third kappa shape index (κ3) is 1.40. The molecule has 2 nitrogen and oxygen atoms in total. The van der Waals surface area contributed by atoms with Crippen LogP contribution in [-0.4, -0.2) is 18.0 Å². The van der Waals surface area contributed by atoms with Crippen molar-refractivity contribution in [2.24, 2.45) is 0 Å². The van der Waals surface area contributed by atoms with Crippen molar-refractivity contribution in [3.8, 4) is 0 Å². The van der Waals surface area contributed by atoms with Crippen LogP contribution in [0.15, 0.2) is 24.3 Å². The molecule has 78 valence electrons. The first-order chi connectivity index (χ1) is 7.30. The lowest BCUT2D eigenvalue weighted by atomic mass is 9.84. The molecule has 15 heavy (non-hydrogen) atoms. The first kappa shape index (κ1) is 9.37. The van der Waals surface area contributed by atoms with Crippen molar-refractivity contribution in [1.29, 1.82) is 0 Å². The fourth-order valence-corrected chi connectivity index (χ4v) is 2.68. The number of benzene rings is 1. The van der Waals surface area contributed by atoms with Gasteiger partial charge in [0, 0.05) is 20.1 Å². The molecule has 0 atom stereocenters. The Balaban J connectivity index is 1.95. The molecule has 0 N–H and O–H groups in total. The van der Waals surface area contributed by atoms with Crippen LogP contribution in [0, 0.1) is 7.05 Å². The van der Waals surface area contributed by atoms with Crippen molar-refractivity contribution >= 4 is 0 Å². The van der Waals surface area contributed by atoms with E-state index in [0.717, 1.165) is 32.5 Å². The van der Waals surface area contributed by atoms with Gasteiger partial charge in [0.25, 0.3) is 0 Å². The van der Waals surface area contributed by atoms with Crippen LogP contribution in [0.4, 0.5) is 0 Å². The predicted octanol–water partition coefficient (Wildman–Crippen LogP) is 2.18. The highest BCUT2D eigenvalue weighted by Gasteiger charge is 2.41. The lowest BCUT2D eigenvalue weighted by molar-refractivity contribution is -0.0733. The van der Waals surface area contributed by atoms with Gasteiger partial charge in [0.15, 0.2) is 0 Å². The fraction of sp³-hybridized carbons (Fsp3) is 0.462. The van der Waals surface area contributed by atoms with Gasteiger partial charge in [-0.2, -0.15) is 0 Å². The number of rotatable bonds is 0. The summed E-state index contributed by atoms with van der Waals surface area (Å²) < 4.78 is 6.02. The molecule has 2 aliphatic rings. The van der Waals surface area contributed by atoms with Gasteiger partial charge in [0.1, 0.15) is 0 Å². The summed E-state index contributed by atoms with van der Waals surface area (Å²) in [4.78, 5) is 1.88. The smallest absolute Gasteiger partial charge is 0.0963 e. The minimum Gasteiger partial charge on any atom is -0.365 e. The average Bonchev–Trinajstić information content (AvgIpc) is 2.63. The van der Waals surface area contributed by atoms with E-state index in [1.165, 1.54) is 11.1 Å². The van der Waals surface area contributed by atoms with Crippen molar-refractivity contribution in [3.63, 3.8) is 0 Å². The van der Waals surface area contributed by atoms with Gasteiger partial charge in [-0.05, 0) is 24.0 Å². The van der Waals surface area contributed by atoms with Crippen LogP contribution < -0.4 is 0 Å². The van der Waals surface area contributed by atoms with Gasteiger partial charge in [-0.25, -0.2) is 0 Å². The van der Waals surface area contributed by atoms with Crippen LogP contribution in [0.25, 0.3) is 0 Å². The predicted molar refractivity (Wildman–Crippen MR) is 58.0 cm³/mol. The van der Waals surface area contributed by atoms with E-state index >= 15 is 0 Å². The Hall–Kier alpha value is -0.860. The first-order valence-electron chi connectivity index (χ1n) is 5.52. The zero-order chi connectivity index (χ0) is 10.3. The van der Waals surface area contributed by atoms with E-state index in [4.69, 9.17) is 11.8 Å². The lowest BCUT2D eigenvalue weighted by Gasteiger charge is -2.37. The SMILES string of the molecule is [CH]N1CCC2(CC1)OCc1ccccc12. The quantitative estimate of drug-likeness (QED) is 0.638. The average molecular weight is 201 g/mol. The Morgan fingerprint density at radius 3 is 2.73 bits per heavy atom. The summed E-state index contributed by atoms with van der Waals surface area (Å²) in [5, 5.41) is 0. The second kappa shape index (κ2) is 3.32. The molecule has 2 heteroatoms. The summed E-state index contributed by atoms with van der Waals surface area (Å²) in [6.45, 7) is 2.61. The molecule has 0 saturated carbocycles. The summed E-state index contributed by atoms with van der Waals surface area (Å²) in [6, 6.07) is 8.55. The third-order valence-electron chi connectivity index (χ3n) is 3.62. The van der Waals surface area contributed by atoms with Crippen LogP contribution >= 0.6 is 0 Å². The number of fused-ring (bicyclic) bond motifs is 2. The largest absolute Gasteiger partial charge is 0.365 e. The van der Waals surface area contributed by atoms with Crippen molar-refractivity contribution in [1.82, 2.24) is 4.90 Å². The molecule has 1 aromatic rings. The second-order valence-electron chi connectivity index (χ2n) is 4.48. The molecular formula is C13H15NO. The Labute approximate surface area is 90.8 Å². The molecule has 0 unspecified atom stereocenters. The van der Waals surface area contributed by atoms with Crippen LogP contribution in [0.5, 0.6) is 0 Å². The molecule has 1 fully saturated rings. The van der Waals surface area contributed by atoms with Gasteiger partial charge < -0.3 is 4.74 Å². The Morgan fingerprint density at radius 2 is 1.93 bits per heavy atom. The topological polar surface area (TPSA) is 12.5 Å². The molecule has 0 bridgehead atoms. The number of nitrogens with zero attached hydrogens (tertiary/aromatic N) is 1. The summed E-state index contributed by atoms with van der Waals surface area (Å²) in [7, 11) is 5.78. The van der Waals surface area contributed by atoms with Gasteiger partial charge in [-0.3, -0.25) is 4.90 Å². The maximum atomic E-state index is 6.02. The van der Waals surface area contributed by atoms with E-state index in [2.05, 4.69) is 24.3 Å². The summed E-state index contributed by atoms with van der Waals surface area (Å²) in [6.07, 6.45) is 2.03. The highest BCUT2D eigenvalue weighted by Crippen LogP contribution is 2.43. The van der Waals surface area contributed by atoms with Gasteiger partial charge >= 0.3 is 0 Å². The van der Waals surface area contributed by atoms with E-state index in [1.54, 1.807) is 0 Å². The van der Waals surface area contributed by atoms with Gasteiger partial charge in [0.2, 0.25) is 0 Å². The number of ether oxygens (including phenoxy) is 1. The number of likely N-dealkylation sites (tertiary alicyclic amines) is 1. The molecule has 2 radical (unpaired) electrons. The van der Waals surface area contributed by atoms with Crippen LogP contribution in [0.3, 0.4) is 0 Å². The van der Waals surface area contributed by atoms with E-state index in [-0.39, 0.29) is 5.60 Å². The second-order valence-corrected chi connectivity index (χ2v) is 4.48. The maximum absolute atomic E-state index is 6.02. The van der Waals surface area contributed by atoms with Gasteiger partial charge in [-0.1, -0.05) is 24.3 Å². The fourth-order valence-electron chi connectivity index (χ4n) is 2.68. The van der Waals surface area contributed by atoms with Crippen LogP contribution in [-0.2, 0) is 16.9 Å². The molecule has 1 aromatic carbocycles. The summed E-state index contributed by atoms with van der Waals surface area (Å²) in [5.41, 5.74) is 2.70. The molecule has 0 aliphatic carbocycles. The molecule has 0 amide bonds. The lowest BCUT2D eigenvalue weighted by Crippen LogP contribution is -2.39. The Morgan fingerprint density at radius 1 is 1.20 bits per heavy atom. The van der Waals surface area contributed by atoms with Crippen molar-refractivity contribution in [2.45, 2.75) is 25.0 Å². The van der Waals surface area contributed by atoms with E-state index in [1.807, 2.05) is 4.90 Å². The zero-order valence-corrected chi connectivity index (χ0v) is 8.78. The minimum atomic E-state index is -0.0353. The summed E-state index contributed by atoms with van der Waals surface area (Å²) in [5.74, 6) is 0. The van der Waals surface area contributed by atoms with Crippen molar-refractivity contribution in [3.05, 3.63) is 42.4 Å². The monoisotopic (exact) mass is 201 g/mol. The van der Waals surface area contributed by atoms with E-state index < -0.39 is 0 Å². The normalized spacial score (nSPS) is 24.3.